The molecule has 7 nitrogen and oxygen atoms in total. The van der Waals surface area contributed by atoms with Crippen LogP contribution in [0.3, 0.4) is 0 Å². The number of aromatic amines is 1. The lowest BCUT2D eigenvalue weighted by atomic mass is 10.1. The van der Waals surface area contributed by atoms with Crippen molar-refractivity contribution in [2.24, 2.45) is 4.99 Å². The number of aliphatic imine (C=N–C) groups is 1. The summed E-state index contributed by atoms with van der Waals surface area (Å²) in [7, 11) is 0. The van der Waals surface area contributed by atoms with Gasteiger partial charge in [-0.3, -0.25) is 4.68 Å². The Hall–Kier alpha value is -2.54. The summed E-state index contributed by atoms with van der Waals surface area (Å²) in [6.45, 7) is 8.45. The van der Waals surface area contributed by atoms with Crippen molar-refractivity contribution in [1.82, 2.24) is 19.7 Å². The van der Waals surface area contributed by atoms with E-state index in [0.29, 0.717) is 29.5 Å². The molecule has 0 spiro atoms. The van der Waals surface area contributed by atoms with Crippen LogP contribution in [0.1, 0.15) is 11.3 Å². The Labute approximate surface area is 131 Å². The number of H-pyrrole nitrogens is 1. The molecule has 3 rings (SSSR count). The lowest BCUT2D eigenvalue weighted by Gasteiger charge is -2.25. The average molecular weight is 320 g/mol. The van der Waals surface area contributed by atoms with Crippen LogP contribution >= 0.6 is 11.6 Å². The van der Waals surface area contributed by atoms with E-state index in [4.69, 9.17) is 16.7 Å². The molecule has 2 aromatic heterocycles. The fourth-order valence-corrected chi connectivity index (χ4v) is 2.70. The molecule has 8 heteroatoms. The van der Waals surface area contributed by atoms with Gasteiger partial charge in [-0.2, -0.15) is 5.10 Å². The predicted octanol–water partition coefficient (Wildman–Crippen LogP) is 2.91. The molecule has 0 saturated heterocycles. The summed E-state index contributed by atoms with van der Waals surface area (Å²) >= 11 is 5.96. The summed E-state index contributed by atoms with van der Waals surface area (Å²) in [5, 5.41) is 13.8. The molecular weight excluding hydrogens is 306 g/mol. The molecule has 1 aliphatic rings. The van der Waals surface area contributed by atoms with Crippen LogP contribution in [0.2, 0.25) is 0 Å². The summed E-state index contributed by atoms with van der Waals surface area (Å²) in [5.41, 5.74) is 3.07. The Morgan fingerprint density at radius 3 is 2.86 bits per heavy atom. The van der Waals surface area contributed by atoms with Crippen molar-refractivity contribution in [3.05, 3.63) is 30.1 Å². The summed E-state index contributed by atoms with van der Waals surface area (Å²) in [4.78, 5) is 19.5. The van der Waals surface area contributed by atoms with Crippen molar-refractivity contribution < 1.29 is 9.90 Å². The van der Waals surface area contributed by atoms with E-state index in [0.717, 1.165) is 17.0 Å². The number of nitrogens with zero attached hydrogens (tertiary/aromatic N) is 4. The van der Waals surface area contributed by atoms with Gasteiger partial charge in [-0.15, -0.1) is 0 Å². The minimum atomic E-state index is -0.937. The van der Waals surface area contributed by atoms with Gasteiger partial charge in [0.15, 0.2) is 0 Å². The SMILES string of the molecule is C=Nc1[nH]c(-c2cnn3c2CN(C(=O)O)CC3)cc1C(=C)Cl. The summed E-state index contributed by atoms with van der Waals surface area (Å²) in [6, 6.07) is 1.82. The van der Waals surface area contributed by atoms with Gasteiger partial charge in [0.2, 0.25) is 0 Å². The van der Waals surface area contributed by atoms with Crippen LogP contribution in [0.5, 0.6) is 0 Å². The molecular formula is C14H14ClN5O2. The summed E-state index contributed by atoms with van der Waals surface area (Å²) in [6.07, 6.45) is 0.772. The van der Waals surface area contributed by atoms with Gasteiger partial charge < -0.3 is 15.0 Å². The summed E-state index contributed by atoms with van der Waals surface area (Å²) in [5.74, 6) is 0.529. The number of amides is 1. The van der Waals surface area contributed by atoms with Crippen molar-refractivity contribution in [2.75, 3.05) is 6.54 Å². The normalized spacial score (nSPS) is 13.8. The van der Waals surface area contributed by atoms with E-state index in [1.165, 1.54) is 4.90 Å². The zero-order chi connectivity index (χ0) is 15.9. The molecule has 114 valence electrons. The van der Waals surface area contributed by atoms with Gasteiger partial charge in [-0.05, 0) is 12.8 Å². The predicted molar refractivity (Wildman–Crippen MR) is 84.5 cm³/mol. The maximum Gasteiger partial charge on any atom is 0.407 e. The number of nitrogens with one attached hydrogen (secondary N) is 1. The van der Waals surface area contributed by atoms with Crippen molar-refractivity contribution in [2.45, 2.75) is 13.1 Å². The van der Waals surface area contributed by atoms with Crippen LogP contribution in [-0.4, -0.2) is 44.1 Å². The maximum atomic E-state index is 11.2. The molecule has 0 bridgehead atoms. The van der Waals surface area contributed by atoms with E-state index in [-0.39, 0.29) is 6.54 Å². The third-order valence-electron chi connectivity index (χ3n) is 3.68. The van der Waals surface area contributed by atoms with E-state index in [9.17, 15) is 4.79 Å². The molecule has 2 N–H and O–H groups in total. The van der Waals surface area contributed by atoms with E-state index >= 15 is 0 Å². The van der Waals surface area contributed by atoms with Crippen LogP contribution in [0.4, 0.5) is 10.6 Å². The second-order valence-corrected chi connectivity index (χ2v) is 5.40. The topological polar surface area (TPSA) is 86.5 Å². The highest BCUT2D eigenvalue weighted by Crippen LogP contribution is 2.34. The number of rotatable bonds is 3. The van der Waals surface area contributed by atoms with Gasteiger partial charge in [-0.25, -0.2) is 9.79 Å². The van der Waals surface area contributed by atoms with Crippen molar-refractivity contribution in [1.29, 1.82) is 0 Å². The van der Waals surface area contributed by atoms with E-state index < -0.39 is 6.09 Å². The van der Waals surface area contributed by atoms with Crippen LogP contribution in [-0.2, 0) is 13.1 Å². The molecule has 0 atom stereocenters. The first-order valence-corrected chi connectivity index (χ1v) is 6.96. The minimum Gasteiger partial charge on any atom is -0.465 e. The Kier molecular flexibility index (Phi) is 3.50. The van der Waals surface area contributed by atoms with Gasteiger partial charge in [0.25, 0.3) is 0 Å². The number of hydrogen-bond acceptors (Lipinski definition) is 3. The third-order valence-corrected chi connectivity index (χ3v) is 3.88. The van der Waals surface area contributed by atoms with E-state index in [1.807, 2.05) is 10.7 Å². The van der Waals surface area contributed by atoms with Crippen LogP contribution in [0, 0.1) is 0 Å². The molecule has 2 aromatic rings. The second-order valence-electron chi connectivity index (χ2n) is 4.94. The van der Waals surface area contributed by atoms with Gasteiger partial charge in [0, 0.05) is 22.7 Å². The zero-order valence-corrected chi connectivity index (χ0v) is 12.5. The van der Waals surface area contributed by atoms with Gasteiger partial charge in [-0.1, -0.05) is 18.2 Å². The van der Waals surface area contributed by atoms with Crippen molar-refractivity contribution in [3.8, 4) is 11.3 Å². The van der Waals surface area contributed by atoms with Crippen molar-refractivity contribution in [3.63, 3.8) is 0 Å². The van der Waals surface area contributed by atoms with Gasteiger partial charge in [0.1, 0.15) is 5.82 Å². The zero-order valence-electron chi connectivity index (χ0n) is 11.7. The monoisotopic (exact) mass is 319 g/mol. The highest BCUT2D eigenvalue weighted by molar-refractivity contribution is 6.48. The van der Waals surface area contributed by atoms with Gasteiger partial charge in [0.05, 0.1) is 30.7 Å². The van der Waals surface area contributed by atoms with Crippen LogP contribution in [0.25, 0.3) is 16.3 Å². The van der Waals surface area contributed by atoms with E-state index in [1.54, 1.807) is 6.20 Å². The standard InChI is InChI=1S/C14H14ClN5O2/c1-8(15)9-5-11(18-13(9)16-2)10-6-17-20-4-3-19(14(21)22)7-12(10)20/h5-6,18H,1-4,7H2,(H,21,22). The molecule has 1 amide bonds. The number of carbonyl (C=O) groups is 1. The molecule has 0 unspecified atom stereocenters. The van der Waals surface area contributed by atoms with Crippen LogP contribution < -0.4 is 0 Å². The fourth-order valence-electron chi connectivity index (χ4n) is 2.55. The molecule has 3 heterocycles. The quantitative estimate of drug-likeness (QED) is 0.853. The number of fused-ring (bicyclic) bond motifs is 1. The van der Waals surface area contributed by atoms with E-state index in [2.05, 4.69) is 28.4 Å². The maximum absolute atomic E-state index is 11.2. The van der Waals surface area contributed by atoms with Crippen LogP contribution in [0.15, 0.2) is 23.8 Å². The molecule has 22 heavy (non-hydrogen) atoms. The lowest BCUT2D eigenvalue weighted by molar-refractivity contribution is 0.131. The largest absolute Gasteiger partial charge is 0.465 e. The van der Waals surface area contributed by atoms with Gasteiger partial charge >= 0.3 is 6.09 Å². The molecule has 0 radical (unpaired) electrons. The Balaban J connectivity index is 2.04. The Morgan fingerprint density at radius 1 is 1.50 bits per heavy atom. The number of carboxylic acid groups (broad SMARTS) is 1. The highest BCUT2D eigenvalue weighted by atomic mass is 35.5. The molecule has 1 aliphatic heterocycles. The minimum absolute atomic E-state index is 0.289. The first-order chi connectivity index (χ1) is 10.5. The molecule has 0 aromatic carbocycles. The molecule has 0 saturated carbocycles. The smallest absolute Gasteiger partial charge is 0.407 e. The average Bonchev–Trinajstić information content (AvgIpc) is 3.09. The Morgan fingerprint density at radius 2 is 2.27 bits per heavy atom. The molecule has 0 fully saturated rings. The lowest BCUT2D eigenvalue weighted by Crippen LogP contribution is -2.37. The highest BCUT2D eigenvalue weighted by Gasteiger charge is 2.25. The first-order valence-electron chi connectivity index (χ1n) is 6.58. The fraction of sp³-hybridized carbons (Fsp3) is 0.214. The third kappa shape index (κ3) is 2.29. The molecule has 0 aliphatic carbocycles. The summed E-state index contributed by atoms with van der Waals surface area (Å²) < 4.78 is 1.81. The number of halogens is 1. The second kappa shape index (κ2) is 5.34. The first kappa shape index (κ1) is 14.4. The number of aromatic nitrogens is 3. The van der Waals surface area contributed by atoms with Crippen molar-refractivity contribution >= 4 is 35.3 Å². The number of hydrogen-bond donors (Lipinski definition) is 2. The Bertz CT molecular complexity index is 776.